The third-order valence-corrected chi connectivity index (χ3v) is 3.00. The van der Waals surface area contributed by atoms with Crippen LogP contribution >= 0.6 is 11.3 Å². The lowest BCUT2D eigenvalue weighted by atomic mass is 9.81. The minimum Gasteiger partial charge on any atom is -0.327 e. The molecule has 0 unspecified atom stereocenters. The minimum atomic E-state index is 0.381. The van der Waals surface area contributed by atoms with Crippen molar-refractivity contribution in [2.45, 2.75) is 24.8 Å². The van der Waals surface area contributed by atoms with Crippen LogP contribution in [-0.4, -0.2) is 11.0 Å². The number of nitrogens with two attached hydrogens (primary N) is 1. The Kier molecular flexibility index (Phi) is 1.47. The van der Waals surface area contributed by atoms with Crippen molar-refractivity contribution >= 4 is 11.3 Å². The first-order valence-corrected chi connectivity index (χ1v) is 4.41. The highest BCUT2D eigenvalue weighted by Gasteiger charge is 2.30. The number of hydrogen-bond donors (Lipinski definition) is 1. The van der Waals surface area contributed by atoms with Crippen LogP contribution in [0.4, 0.5) is 0 Å². The average Bonchev–Trinajstić information content (AvgIpc) is 2.37. The maximum atomic E-state index is 5.78. The van der Waals surface area contributed by atoms with Crippen molar-refractivity contribution in [3.63, 3.8) is 0 Å². The van der Waals surface area contributed by atoms with Gasteiger partial charge in [0.25, 0.3) is 0 Å². The second-order valence-electron chi connectivity index (χ2n) is 2.72. The first-order valence-electron chi connectivity index (χ1n) is 3.53. The third kappa shape index (κ3) is 0.859. The average molecular weight is 154 g/mol. The van der Waals surface area contributed by atoms with Gasteiger partial charge >= 0.3 is 0 Å². The number of thiazole rings is 1. The molecule has 1 saturated carbocycles. The van der Waals surface area contributed by atoms with E-state index in [0.717, 1.165) is 0 Å². The summed E-state index contributed by atoms with van der Waals surface area (Å²) in [4.78, 5) is 4.23. The maximum absolute atomic E-state index is 5.78. The molecule has 0 amide bonds. The molecule has 2 rings (SSSR count). The summed E-state index contributed by atoms with van der Waals surface area (Å²) in [7, 11) is 0. The van der Waals surface area contributed by atoms with E-state index in [1.807, 2.05) is 11.6 Å². The van der Waals surface area contributed by atoms with Crippen LogP contribution in [0.5, 0.6) is 0 Å². The van der Waals surface area contributed by atoms with Gasteiger partial charge in [-0.2, -0.15) is 0 Å². The Bertz CT molecular complexity index is 207. The second-order valence-corrected chi connectivity index (χ2v) is 3.64. The van der Waals surface area contributed by atoms with Crippen molar-refractivity contribution in [2.24, 2.45) is 5.73 Å². The van der Waals surface area contributed by atoms with Crippen LogP contribution in [0, 0.1) is 0 Å². The Balaban J connectivity index is 2.14. The zero-order valence-electron chi connectivity index (χ0n) is 5.66. The Morgan fingerprint density at radius 2 is 2.50 bits per heavy atom. The van der Waals surface area contributed by atoms with Crippen molar-refractivity contribution < 1.29 is 0 Å². The quantitative estimate of drug-likeness (QED) is 0.663. The summed E-state index contributed by atoms with van der Waals surface area (Å²) in [6.45, 7) is 0. The van der Waals surface area contributed by atoms with Gasteiger partial charge in [-0.15, -0.1) is 11.3 Å². The highest BCUT2D eigenvalue weighted by Crippen LogP contribution is 2.36. The SMILES string of the molecule is N[C@@H]1CC[C@H]1c1nccs1. The summed E-state index contributed by atoms with van der Waals surface area (Å²) in [6, 6.07) is 0.381. The molecule has 1 aromatic heterocycles. The number of hydrogen-bond acceptors (Lipinski definition) is 3. The van der Waals surface area contributed by atoms with E-state index in [1.165, 1.54) is 17.8 Å². The van der Waals surface area contributed by atoms with Crippen LogP contribution in [0.1, 0.15) is 23.8 Å². The monoisotopic (exact) mass is 154 g/mol. The van der Waals surface area contributed by atoms with Gasteiger partial charge in [0, 0.05) is 23.5 Å². The van der Waals surface area contributed by atoms with Gasteiger partial charge in [-0.25, -0.2) is 4.98 Å². The van der Waals surface area contributed by atoms with Crippen LogP contribution in [0.15, 0.2) is 11.6 Å². The van der Waals surface area contributed by atoms with Crippen LogP contribution in [0.3, 0.4) is 0 Å². The van der Waals surface area contributed by atoms with Crippen molar-refractivity contribution in [3.05, 3.63) is 16.6 Å². The lowest BCUT2D eigenvalue weighted by Crippen LogP contribution is -2.37. The Hall–Kier alpha value is -0.410. The highest BCUT2D eigenvalue weighted by molar-refractivity contribution is 7.09. The van der Waals surface area contributed by atoms with Crippen molar-refractivity contribution in [1.82, 2.24) is 4.98 Å². The molecule has 0 saturated heterocycles. The van der Waals surface area contributed by atoms with Crippen molar-refractivity contribution in [1.29, 1.82) is 0 Å². The number of rotatable bonds is 1. The molecular formula is C7H10N2S. The largest absolute Gasteiger partial charge is 0.327 e. The van der Waals surface area contributed by atoms with E-state index >= 15 is 0 Å². The molecule has 2 N–H and O–H groups in total. The van der Waals surface area contributed by atoms with E-state index in [1.54, 1.807) is 11.3 Å². The van der Waals surface area contributed by atoms with E-state index in [-0.39, 0.29) is 0 Å². The molecule has 1 aliphatic rings. The molecule has 1 heterocycles. The van der Waals surface area contributed by atoms with Crippen LogP contribution in [0.25, 0.3) is 0 Å². The van der Waals surface area contributed by atoms with E-state index in [4.69, 9.17) is 5.73 Å². The molecule has 1 aromatic rings. The molecule has 0 radical (unpaired) electrons. The van der Waals surface area contributed by atoms with Crippen LogP contribution in [-0.2, 0) is 0 Å². The topological polar surface area (TPSA) is 38.9 Å². The zero-order valence-corrected chi connectivity index (χ0v) is 6.47. The fourth-order valence-electron chi connectivity index (χ4n) is 1.25. The molecule has 1 aliphatic carbocycles. The van der Waals surface area contributed by atoms with Gasteiger partial charge in [0.2, 0.25) is 0 Å². The van der Waals surface area contributed by atoms with Gasteiger partial charge in [0.05, 0.1) is 5.01 Å². The van der Waals surface area contributed by atoms with Crippen molar-refractivity contribution in [3.8, 4) is 0 Å². The fourth-order valence-corrected chi connectivity index (χ4v) is 2.10. The maximum Gasteiger partial charge on any atom is 0.0971 e. The third-order valence-electron chi connectivity index (χ3n) is 2.10. The molecular weight excluding hydrogens is 144 g/mol. The smallest absolute Gasteiger partial charge is 0.0971 e. The summed E-state index contributed by atoms with van der Waals surface area (Å²) in [5.74, 6) is 0.569. The molecule has 0 bridgehead atoms. The van der Waals surface area contributed by atoms with Crippen molar-refractivity contribution in [2.75, 3.05) is 0 Å². The predicted molar refractivity (Wildman–Crippen MR) is 42.1 cm³/mol. The summed E-state index contributed by atoms with van der Waals surface area (Å²) in [5.41, 5.74) is 5.78. The van der Waals surface area contributed by atoms with Gasteiger partial charge in [-0.1, -0.05) is 0 Å². The summed E-state index contributed by atoms with van der Waals surface area (Å²) in [6.07, 6.45) is 4.25. The Morgan fingerprint density at radius 1 is 1.60 bits per heavy atom. The molecule has 0 aliphatic heterocycles. The molecule has 10 heavy (non-hydrogen) atoms. The van der Waals surface area contributed by atoms with E-state index in [9.17, 15) is 0 Å². The molecule has 2 atom stereocenters. The number of nitrogens with zero attached hydrogens (tertiary/aromatic N) is 1. The van der Waals surface area contributed by atoms with Gasteiger partial charge in [0.15, 0.2) is 0 Å². The van der Waals surface area contributed by atoms with Gasteiger partial charge in [0.1, 0.15) is 0 Å². The van der Waals surface area contributed by atoms with E-state index in [0.29, 0.717) is 12.0 Å². The first kappa shape index (κ1) is 6.31. The summed E-state index contributed by atoms with van der Waals surface area (Å²) in [5, 5.41) is 3.24. The normalized spacial score (nSPS) is 31.7. The van der Waals surface area contributed by atoms with Gasteiger partial charge in [-0.3, -0.25) is 0 Å². The summed E-state index contributed by atoms with van der Waals surface area (Å²) < 4.78 is 0. The standard InChI is InChI=1S/C7H10N2S/c8-6-2-1-5(6)7-9-3-4-10-7/h3-6H,1-2,8H2/t5-,6-/m1/s1. The highest BCUT2D eigenvalue weighted by atomic mass is 32.1. The van der Waals surface area contributed by atoms with E-state index in [2.05, 4.69) is 4.98 Å². The predicted octanol–water partition coefficient (Wildman–Crippen LogP) is 1.35. The van der Waals surface area contributed by atoms with E-state index < -0.39 is 0 Å². The zero-order chi connectivity index (χ0) is 6.97. The minimum absolute atomic E-state index is 0.381. The molecule has 1 fully saturated rings. The van der Waals surface area contributed by atoms with Gasteiger partial charge in [-0.05, 0) is 12.8 Å². The molecule has 54 valence electrons. The Morgan fingerprint density at radius 3 is 2.90 bits per heavy atom. The molecule has 0 spiro atoms. The lowest BCUT2D eigenvalue weighted by molar-refractivity contribution is 0.346. The molecule has 3 heteroatoms. The Labute approximate surface area is 64.1 Å². The second kappa shape index (κ2) is 2.32. The lowest BCUT2D eigenvalue weighted by Gasteiger charge is -2.31. The number of aromatic nitrogens is 1. The molecule has 2 nitrogen and oxygen atoms in total. The van der Waals surface area contributed by atoms with Gasteiger partial charge < -0.3 is 5.73 Å². The summed E-state index contributed by atoms with van der Waals surface area (Å²) >= 11 is 1.72. The first-order chi connectivity index (χ1) is 4.88. The van der Waals surface area contributed by atoms with Crippen LogP contribution < -0.4 is 5.73 Å². The molecule has 0 aromatic carbocycles. The van der Waals surface area contributed by atoms with Crippen LogP contribution in [0.2, 0.25) is 0 Å². The fraction of sp³-hybridized carbons (Fsp3) is 0.571.